The summed E-state index contributed by atoms with van der Waals surface area (Å²) >= 11 is 4.27. The summed E-state index contributed by atoms with van der Waals surface area (Å²) in [6, 6.07) is 11.0. The van der Waals surface area contributed by atoms with Crippen molar-refractivity contribution in [3.8, 4) is 0 Å². The van der Waals surface area contributed by atoms with E-state index in [4.69, 9.17) is 0 Å². The summed E-state index contributed by atoms with van der Waals surface area (Å²) in [5.41, 5.74) is 1.49. The Bertz CT molecular complexity index is 285. The molecule has 0 heterocycles. The standard InChI is InChI=1S/C17H28S2/c1-3-5-10-14-18-17(19-15-11-6-4-2)16-12-8-7-9-13-16/h7-9,12-13,17H,3-6,10-11,14-15H2,1-2H3. The highest BCUT2D eigenvalue weighted by Gasteiger charge is 2.11. The van der Waals surface area contributed by atoms with Crippen LogP contribution in [0.5, 0.6) is 0 Å². The van der Waals surface area contributed by atoms with Crippen molar-refractivity contribution < 1.29 is 0 Å². The van der Waals surface area contributed by atoms with Gasteiger partial charge >= 0.3 is 0 Å². The molecule has 0 atom stereocenters. The van der Waals surface area contributed by atoms with Crippen molar-refractivity contribution >= 4 is 23.5 Å². The van der Waals surface area contributed by atoms with E-state index in [9.17, 15) is 0 Å². The molecule has 0 radical (unpaired) electrons. The monoisotopic (exact) mass is 296 g/mol. The molecule has 1 rings (SSSR count). The molecular weight excluding hydrogens is 268 g/mol. The lowest BCUT2D eigenvalue weighted by Crippen LogP contribution is -1.93. The van der Waals surface area contributed by atoms with Crippen LogP contribution in [0.3, 0.4) is 0 Å². The zero-order valence-electron chi connectivity index (χ0n) is 12.4. The van der Waals surface area contributed by atoms with Gasteiger partial charge in [-0.25, -0.2) is 0 Å². The Morgan fingerprint density at radius 3 is 1.79 bits per heavy atom. The molecule has 0 aromatic heterocycles. The zero-order chi connectivity index (χ0) is 13.8. The Labute approximate surface area is 128 Å². The van der Waals surface area contributed by atoms with E-state index in [1.807, 2.05) is 0 Å². The minimum Gasteiger partial charge on any atom is -0.143 e. The molecule has 19 heavy (non-hydrogen) atoms. The molecule has 0 aliphatic carbocycles. The Balaban J connectivity index is 2.39. The van der Waals surface area contributed by atoms with Gasteiger partial charge in [0.2, 0.25) is 0 Å². The predicted octanol–water partition coefficient (Wildman–Crippen LogP) is 6.53. The number of benzene rings is 1. The molecule has 0 bridgehead atoms. The van der Waals surface area contributed by atoms with E-state index < -0.39 is 0 Å². The quantitative estimate of drug-likeness (QED) is 0.336. The van der Waals surface area contributed by atoms with E-state index in [1.165, 1.54) is 55.6 Å². The maximum atomic E-state index is 2.28. The number of rotatable bonds is 11. The van der Waals surface area contributed by atoms with Crippen molar-refractivity contribution in [1.29, 1.82) is 0 Å². The SMILES string of the molecule is CCCCCSC(SCCCCC)c1ccccc1. The maximum Gasteiger partial charge on any atom is 0.0751 e. The molecule has 0 aliphatic heterocycles. The Morgan fingerprint density at radius 2 is 1.32 bits per heavy atom. The molecule has 0 saturated carbocycles. The van der Waals surface area contributed by atoms with Crippen LogP contribution in [0.2, 0.25) is 0 Å². The van der Waals surface area contributed by atoms with Gasteiger partial charge in [-0.2, -0.15) is 0 Å². The molecule has 0 N–H and O–H groups in total. The van der Waals surface area contributed by atoms with Crippen LogP contribution in [-0.2, 0) is 0 Å². The van der Waals surface area contributed by atoms with Crippen LogP contribution in [-0.4, -0.2) is 11.5 Å². The molecule has 1 aromatic carbocycles. The van der Waals surface area contributed by atoms with Gasteiger partial charge in [0, 0.05) is 0 Å². The average molecular weight is 297 g/mol. The molecular formula is C17H28S2. The summed E-state index contributed by atoms with van der Waals surface area (Å²) in [6.45, 7) is 4.55. The van der Waals surface area contributed by atoms with Crippen molar-refractivity contribution in [3.63, 3.8) is 0 Å². The zero-order valence-corrected chi connectivity index (χ0v) is 14.1. The molecule has 0 fully saturated rings. The van der Waals surface area contributed by atoms with Gasteiger partial charge in [-0.05, 0) is 29.9 Å². The third-order valence-electron chi connectivity index (χ3n) is 3.11. The summed E-state index contributed by atoms with van der Waals surface area (Å²) < 4.78 is 0.634. The van der Waals surface area contributed by atoms with Crippen molar-refractivity contribution in [2.45, 2.75) is 57.0 Å². The van der Waals surface area contributed by atoms with Crippen molar-refractivity contribution in [2.24, 2.45) is 0 Å². The average Bonchev–Trinajstić information content (AvgIpc) is 2.46. The number of hydrogen-bond donors (Lipinski definition) is 0. The van der Waals surface area contributed by atoms with Crippen LogP contribution in [0, 0.1) is 0 Å². The van der Waals surface area contributed by atoms with Crippen LogP contribution in [0.4, 0.5) is 0 Å². The lowest BCUT2D eigenvalue weighted by Gasteiger charge is -2.16. The third kappa shape index (κ3) is 7.94. The molecule has 0 amide bonds. The number of unbranched alkanes of at least 4 members (excludes halogenated alkanes) is 4. The largest absolute Gasteiger partial charge is 0.143 e. The molecule has 0 spiro atoms. The lowest BCUT2D eigenvalue weighted by atomic mass is 10.2. The molecule has 0 saturated heterocycles. The molecule has 2 heteroatoms. The highest BCUT2D eigenvalue weighted by atomic mass is 32.2. The summed E-state index contributed by atoms with van der Waals surface area (Å²) in [6.07, 6.45) is 8.10. The van der Waals surface area contributed by atoms with Crippen molar-refractivity contribution in [2.75, 3.05) is 11.5 Å². The highest BCUT2D eigenvalue weighted by molar-refractivity contribution is 8.16. The molecule has 1 aromatic rings. The van der Waals surface area contributed by atoms with Gasteiger partial charge in [0.1, 0.15) is 0 Å². The van der Waals surface area contributed by atoms with Crippen molar-refractivity contribution in [1.82, 2.24) is 0 Å². The third-order valence-corrected chi connectivity index (χ3v) is 6.12. The van der Waals surface area contributed by atoms with Crippen LogP contribution in [0.25, 0.3) is 0 Å². The fourth-order valence-corrected chi connectivity index (χ4v) is 4.77. The van der Waals surface area contributed by atoms with Crippen LogP contribution in [0.1, 0.15) is 62.5 Å². The second-order valence-electron chi connectivity index (χ2n) is 4.90. The summed E-state index contributed by atoms with van der Waals surface area (Å²) in [4.78, 5) is 0. The topological polar surface area (TPSA) is 0 Å². The first-order valence-corrected chi connectivity index (χ1v) is 9.76. The minimum atomic E-state index is 0.634. The number of hydrogen-bond acceptors (Lipinski definition) is 2. The molecule has 0 unspecified atom stereocenters. The molecule has 0 aliphatic rings. The van der Waals surface area contributed by atoms with E-state index >= 15 is 0 Å². The maximum absolute atomic E-state index is 2.28. The van der Waals surface area contributed by atoms with E-state index in [0.717, 1.165) is 0 Å². The van der Waals surface area contributed by atoms with Gasteiger partial charge in [0.05, 0.1) is 4.58 Å². The fourth-order valence-electron chi connectivity index (χ4n) is 1.94. The van der Waals surface area contributed by atoms with E-state index in [2.05, 4.69) is 67.7 Å². The Hall–Kier alpha value is -0.0800. The van der Waals surface area contributed by atoms with Gasteiger partial charge in [-0.1, -0.05) is 69.9 Å². The summed E-state index contributed by atoms with van der Waals surface area (Å²) in [5, 5.41) is 0. The molecule has 0 nitrogen and oxygen atoms in total. The first-order valence-electron chi connectivity index (χ1n) is 7.66. The molecule has 108 valence electrons. The smallest absolute Gasteiger partial charge is 0.0751 e. The fraction of sp³-hybridized carbons (Fsp3) is 0.647. The Kier molecular flexibility index (Phi) is 10.5. The predicted molar refractivity (Wildman–Crippen MR) is 93.1 cm³/mol. The van der Waals surface area contributed by atoms with Crippen LogP contribution >= 0.6 is 23.5 Å². The van der Waals surface area contributed by atoms with Crippen LogP contribution in [0.15, 0.2) is 30.3 Å². The van der Waals surface area contributed by atoms with Gasteiger partial charge in [0.25, 0.3) is 0 Å². The van der Waals surface area contributed by atoms with Gasteiger partial charge in [-0.15, -0.1) is 23.5 Å². The second kappa shape index (κ2) is 11.7. The van der Waals surface area contributed by atoms with E-state index in [1.54, 1.807) is 0 Å². The Morgan fingerprint density at radius 1 is 0.789 bits per heavy atom. The highest BCUT2D eigenvalue weighted by Crippen LogP contribution is 2.40. The van der Waals surface area contributed by atoms with Gasteiger partial charge in [-0.3, -0.25) is 0 Å². The first kappa shape index (κ1) is 17.0. The normalized spacial score (nSPS) is 11.1. The van der Waals surface area contributed by atoms with Crippen molar-refractivity contribution in [3.05, 3.63) is 35.9 Å². The minimum absolute atomic E-state index is 0.634. The van der Waals surface area contributed by atoms with Gasteiger partial charge in [0.15, 0.2) is 0 Å². The van der Waals surface area contributed by atoms with Crippen LogP contribution < -0.4 is 0 Å². The van der Waals surface area contributed by atoms with Gasteiger partial charge < -0.3 is 0 Å². The number of thioether (sulfide) groups is 2. The second-order valence-corrected chi connectivity index (χ2v) is 7.62. The lowest BCUT2D eigenvalue weighted by molar-refractivity contribution is 0.777. The van der Waals surface area contributed by atoms with E-state index in [0.29, 0.717) is 4.58 Å². The summed E-state index contributed by atoms with van der Waals surface area (Å²) in [5.74, 6) is 2.60. The first-order chi connectivity index (χ1) is 9.38. The van der Waals surface area contributed by atoms with E-state index in [-0.39, 0.29) is 0 Å². The summed E-state index contributed by atoms with van der Waals surface area (Å²) in [7, 11) is 0.